The lowest BCUT2D eigenvalue weighted by Crippen LogP contribution is -2.41. The summed E-state index contributed by atoms with van der Waals surface area (Å²) < 4.78 is 43.2. The summed E-state index contributed by atoms with van der Waals surface area (Å²) in [6, 6.07) is 5.11. The number of hydrogen-bond acceptors (Lipinski definition) is 2. The largest absolute Gasteiger partial charge is 0.416 e. The molecule has 6 heteroatoms. The smallest absolute Gasteiger partial charge is 0.372 e. The number of nitrogens with zero attached hydrogens (tertiary/aromatic N) is 1. The Hall–Kier alpha value is -1.56. The zero-order chi connectivity index (χ0) is 15.5. The molecule has 0 saturated carbocycles. The molecule has 1 aliphatic heterocycles. The Balaban J connectivity index is 2.08. The Morgan fingerprint density at radius 1 is 1.38 bits per heavy atom. The van der Waals surface area contributed by atoms with Crippen molar-refractivity contribution in [1.82, 2.24) is 4.90 Å². The fraction of sp³-hybridized carbons (Fsp3) is 0.533. The molecular weight excluding hydrogens is 283 g/mol. The first-order chi connectivity index (χ1) is 9.88. The summed E-state index contributed by atoms with van der Waals surface area (Å²) in [4.78, 5) is 13.6. The summed E-state index contributed by atoms with van der Waals surface area (Å²) >= 11 is 0. The fourth-order valence-corrected chi connectivity index (χ4v) is 2.50. The van der Waals surface area contributed by atoms with Gasteiger partial charge in [-0.2, -0.15) is 13.2 Å². The van der Waals surface area contributed by atoms with E-state index in [0.29, 0.717) is 25.1 Å². The molecule has 1 fully saturated rings. The second-order valence-electron chi connectivity index (χ2n) is 5.24. The average Bonchev–Trinajstić information content (AvgIpc) is 2.62. The number of amides is 1. The molecule has 0 N–H and O–H groups in total. The van der Waals surface area contributed by atoms with Gasteiger partial charge in [0.1, 0.15) is 6.61 Å². The van der Waals surface area contributed by atoms with E-state index in [9.17, 15) is 18.0 Å². The van der Waals surface area contributed by atoms with Gasteiger partial charge in [0, 0.05) is 19.2 Å². The van der Waals surface area contributed by atoms with Crippen molar-refractivity contribution in [2.45, 2.75) is 32.0 Å². The van der Waals surface area contributed by atoms with Gasteiger partial charge in [-0.25, -0.2) is 0 Å². The van der Waals surface area contributed by atoms with Crippen LogP contribution >= 0.6 is 0 Å². The summed E-state index contributed by atoms with van der Waals surface area (Å²) in [5.74, 6) is -0.105. The molecule has 0 bridgehead atoms. The Morgan fingerprint density at radius 3 is 2.86 bits per heavy atom. The van der Waals surface area contributed by atoms with Crippen molar-refractivity contribution in [3.05, 3.63) is 35.4 Å². The normalized spacial score (nSPS) is 18.5. The van der Waals surface area contributed by atoms with Crippen LogP contribution in [-0.2, 0) is 22.1 Å². The maximum atomic E-state index is 12.7. The molecule has 3 nitrogen and oxygen atoms in total. The van der Waals surface area contributed by atoms with E-state index >= 15 is 0 Å². The topological polar surface area (TPSA) is 29.5 Å². The molecule has 116 valence electrons. The molecule has 1 heterocycles. The molecule has 1 atom stereocenters. The minimum Gasteiger partial charge on any atom is -0.372 e. The van der Waals surface area contributed by atoms with Gasteiger partial charge >= 0.3 is 6.18 Å². The minimum atomic E-state index is -4.34. The maximum absolute atomic E-state index is 12.7. The molecule has 0 radical (unpaired) electrons. The van der Waals surface area contributed by atoms with Gasteiger partial charge in [0.25, 0.3) is 0 Å². The van der Waals surface area contributed by atoms with Crippen LogP contribution in [0.5, 0.6) is 0 Å². The zero-order valence-electron chi connectivity index (χ0n) is 11.8. The Bertz CT molecular complexity index is 502. The molecule has 1 aromatic rings. The van der Waals surface area contributed by atoms with Crippen LogP contribution < -0.4 is 0 Å². The van der Waals surface area contributed by atoms with E-state index in [0.717, 1.165) is 18.6 Å². The van der Waals surface area contributed by atoms with Crippen molar-refractivity contribution in [1.29, 1.82) is 0 Å². The lowest BCUT2D eigenvalue weighted by molar-refractivity contribution is -0.138. The quantitative estimate of drug-likeness (QED) is 0.859. The van der Waals surface area contributed by atoms with E-state index in [1.54, 1.807) is 11.0 Å². The van der Waals surface area contributed by atoms with Crippen LogP contribution in [0.4, 0.5) is 13.2 Å². The number of hydrogen-bond donors (Lipinski definition) is 0. The number of ether oxygens (including phenoxy) is 1. The molecule has 0 aromatic heterocycles. The molecule has 1 saturated heterocycles. The van der Waals surface area contributed by atoms with Crippen LogP contribution in [0.15, 0.2) is 24.3 Å². The Morgan fingerprint density at radius 2 is 2.14 bits per heavy atom. The third kappa shape index (κ3) is 4.20. The van der Waals surface area contributed by atoms with Gasteiger partial charge in [0.15, 0.2) is 0 Å². The highest BCUT2D eigenvalue weighted by Gasteiger charge is 2.30. The average molecular weight is 301 g/mol. The van der Waals surface area contributed by atoms with Crippen LogP contribution in [0.3, 0.4) is 0 Å². The van der Waals surface area contributed by atoms with Gasteiger partial charge in [0.05, 0.1) is 5.56 Å². The van der Waals surface area contributed by atoms with Crippen LogP contribution in [0.2, 0.25) is 0 Å². The SMILES string of the molecule is CC(Cc1cccc(C(F)(F)F)c1)N1CCCOCC1=O. The van der Waals surface area contributed by atoms with E-state index in [-0.39, 0.29) is 18.6 Å². The number of alkyl halides is 3. The van der Waals surface area contributed by atoms with Crippen molar-refractivity contribution < 1.29 is 22.7 Å². The van der Waals surface area contributed by atoms with Crippen molar-refractivity contribution in [3.8, 4) is 0 Å². The van der Waals surface area contributed by atoms with Gasteiger partial charge in [-0.15, -0.1) is 0 Å². The molecule has 1 unspecified atom stereocenters. The summed E-state index contributed by atoms with van der Waals surface area (Å²) in [5.41, 5.74) is -0.0759. The highest BCUT2D eigenvalue weighted by molar-refractivity contribution is 5.78. The highest BCUT2D eigenvalue weighted by Crippen LogP contribution is 2.29. The van der Waals surface area contributed by atoms with Crippen molar-refractivity contribution in [3.63, 3.8) is 0 Å². The first-order valence-corrected chi connectivity index (χ1v) is 6.91. The second-order valence-corrected chi connectivity index (χ2v) is 5.24. The number of halogens is 3. The van der Waals surface area contributed by atoms with Crippen molar-refractivity contribution in [2.75, 3.05) is 19.8 Å². The van der Waals surface area contributed by atoms with Crippen LogP contribution in [0.1, 0.15) is 24.5 Å². The predicted octanol–water partition coefficient (Wildman–Crippen LogP) is 2.89. The van der Waals surface area contributed by atoms with E-state index < -0.39 is 11.7 Å². The molecule has 21 heavy (non-hydrogen) atoms. The lowest BCUT2D eigenvalue weighted by atomic mass is 10.0. The van der Waals surface area contributed by atoms with Crippen molar-refractivity contribution in [2.24, 2.45) is 0 Å². The Labute approximate surface area is 121 Å². The number of rotatable bonds is 3. The van der Waals surface area contributed by atoms with E-state index in [2.05, 4.69) is 0 Å². The third-order valence-corrected chi connectivity index (χ3v) is 3.55. The molecule has 1 aliphatic rings. The van der Waals surface area contributed by atoms with Gasteiger partial charge in [-0.05, 0) is 31.4 Å². The summed E-state index contributed by atoms with van der Waals surface area (Å²) in [6.45, 7) is 3.02. The fourth-order valence-electron chi connectivity index (χ4n) is 2.50. The van der Waals surface area contributed by atoms with Crippen LogP contribution in [-0.4, -0.2) is 36.6 Å². The van der Waals surface area contributed by atoms with Gasteiger partial charge in [0.2, 0.25) is 5.91 Å². The number of carbonyl (C=O) groups is 1. The van der Waals surface area contributed by atoms with Gasteiger partial charge < -0.3 is 9.64 Å². The predicted molar refractivity (Wildman–Crippen MR) is 71.8 cm³/mol. The van der Waals surface area contributed by atoms with Crippen LogP contribution in [0, 0.1) is 0 Å². The van der Waals surface area contributed by atoms with Gasteiger partial charge in [-0.1, -0.05) is 18.2 Å². The Kier molecular flexibility index (Phi) is 4.88. The zero-order valence-corrected chi connectivity index (χ0v) is 11.8. The highest BCUT2D eigenvalue weighted by atomic mass is 19.4. The van der Waals surface area contributed by atoms with E-state index in [1.165, 1.54) is 6.07 Å². The monoisotopic (exact) mass is 301 g/mol. The first-order valence-electron chi connectivity index (χ1n) is 6.91. The van der Waals surface area contributed by atoms with E-state index in [4.69, 9.17) is 4.74 Å². The molecule has 0 aliphatic carbocycles. The summed E-state index contributed by atoms with van der Waals surface area (Å²) in [6.07, 6.45) is -3.19. The molecule has 1 amide bonds. The standard InChI is InChI=1S/C15H18F3NO2/c1-11(19-6-3-7-21-10-14(19)20)8-12-4-2-5-13(9-12)15(16,17)18/h2,4-5,9,11H,3,6-8,10H2,1H3. The lowest BCUT2D eigenvalue weighted by Gasteiger charge is -2.27. The van der Waals surface area contributed by atoms with E-state index in [1.807, 2.05) is 6.92 Å². The minimum absolute atomic E-state index is 0.0485. The van der Waals surface area contributed by atoms with Crippen LogP contribution in [0.25, 0.3) is 0 Å². The number of carbonyl (C=O) groups excluding carboxylic acids is 1. The molecule has 1 aromatic carbocycles. The molecule has 2 rings (SSSR count). The molecule has 0 spiro atoms. The maximum Gasteiger partial charge on any atom is 0.416 e. The summed E-state index contributed by atoms with van der Waals surface area (Å²) in [5, 5.41) is 0. The first kappa shape index (κ1) is 15.8. The molecular formula is C15H18F3NO2. The third-order valence-electron chi connectivity index (χ3n) is 3.55. The van der Waals surface area contributed by atoms with Crippen molar-refractivity contribution >= 4 is 5.91 Å². The second kappa shape index (κ2) is 6.47. The summed E-state index contributed by atoms with van der Waals surface area (Å²) in [7, 11) is 0. The number of benzene rings is 1. The van der Waals surface area contributed by atoms with Gasteiger partial charge in [-0.3, -0.25) is 4.79 Å².